The number of anilines is 3. The third kappa shape index (κ3) is 3.42. The first-order valence-electron chi connectivity index (χ1n) is 8.63. The van der Waals surface area contributed by atoms with Gasteiger partial charge in [-0.25, -0.2) is 9.37 Å². The molecule has 1 aliphatic rings. The molecular formula is C20H18FN5. The Labute approximate surface area is 150 Å². The molecule has 2 N–H and O–H groups in total. The van der Waals surface area contributed by atoms with E-state index in [1.165, 1.54) is 25.0 Å². The number of hydrogen-bond acceptors (Lipinski definition) is 5. The normalized spacial score (nSPS) is 14.7. The van der Waals surface area contributed by atoms with E-state index < -0.39 is 5.82 Å². The van der Waals surface area contributed by atoms with Gasteiger partial charge in [-0.05, 0) is 56.0 Å². The van der Waals surface area contributed by atoms with E-state index in [1.54, 1.807) is 6.07 Å². The molecule has 5 nitrogen and oxygen atoms in total. The summed E-state index contributed by atoms with van der Waals surface area (Å²) in [5, 5.41) is 16.5. The number of fused-ring (bicyclic) bond motifs is 1. The molecule has 1 atom stereocenters. The minimum absolute atomic E-state index is 0.244. The van der Waals surface area contributed by atoms with Crippen LogP contribution in [0.3, 0.4) is 0 Å². The molecule has 1 saturated carbocycles. The summed E-state index contributed by atoms with van der Waals surface area (Å²) in [5.74, 6) is 1.33. The van der Waals surface area contributed by atoms with Crippen molar-refractivity contribution in [1.29, 1.82) is 5.26 Å². The summed E-state index contributed by atoms with van der Waals surface area (Å²) >= 11 is 0. The number of benzene rings is 2. The van der Waals surface area contributed by atoms with Gasteiger partial charge in [0.15, 0.2) is 0 Å². The largest absolute Gasteiger partial charge is 0.367 e. The molecule has 6 heteroatoms. The van der Waals surface area contributed by atoms with Crippen molar-refractivity contribution in [3.63, 3.8) is 0 Å². The van der Waals surface area contributed by atoms with E-state index in [2.05, 4.69) is 27.5 Å². The maximum absolute atomic E-state index is 13.7. The zero-order valence-electron chi connectivity index (χ0n) is 14.3. The molecule has 0 spiro atoms. The Morgan fingerprint density at radius 2 is 2.00 bits per heavy atom. The number of halogens is 1. The highest BCUT2D eigenvalue weighted by molar-refractivity contribution is 5.90. The highest BCUT2D eigenvalue weighted by Gasteiger charge is 2.28. The van der Waals surface area contributed by atoms with Crippen LogP contribution in [-0.4, -0.2) is 16.0 Å². The molecule has 1 aliphatic carbocycles. The summed E-state index contributed by atoms with van der Waals surface area (Å²) in [7, 11) is 0. The molecule has 0 radical (unpaired) electrons. The van der Waals surface area contributed by atoms with Crippen LogP contribution in [0.25, 0.3) is 10.9 Å². The van der Waals surface area contributed by atoms with E-state index in [-0.39, 0.29) is 5.56 Å². The summed E-state index contributed by atoms with van der Waals surface area (Å²) in [6.45, 7) is 2.16. The molecule has 1 aromatic heterocycles. The first kappa shape index (κ1) is 16.3. The van der Waals surface area contributed by atoms with Gasteiger partial charge in [-0.1, -0.05) is 12.1 Å². The maximum Gasteiger partial charge on any atom is 0.229 e. The summed E-state index contributed by atoms with van der Waals surface area (Å²) in [6, 6.07) is 14.1. The summed E-state index contributed by atoms with van der Waals surface area (Å²) in [6.07, 6.45) is 2.48. The van der Waals surface area contributed by atoms with Gasteiger partial charge < -0.3 is 10.6 Å². The molecular weight excluding hydrogens is 329 g/mol. The number of nitrogens with zero attached hydrogens (tertiary/aromatic N) is 3. The highest BCUT2D eigenvalue weighted by Crippen LogP contribution is 2.35. The van der Waals surface area contributed by atoms with Gasteiger partial charge in [0.1, 0.15) is 11.6 Å². The standard InChI is InChI=1S/C20H18FN5/c1-12(14-6-7-14)23-19-17-4-2-3-5-18(17)25-20(26-19)24-16-9-13(11-22)8-15(21)10-16/h2-5,8-10,12,14H,6-7H2,1H3,(H2,23,24,25,26). The fourth-order valence-corrected chi connectivity index (χ4v) is 3.03. The van der Waals surface area contributed by atoms with E-state index in [0.29, 0.717) is 23.6 Å². The third-order valence-electron chi connectivity index (χ3n) is 4.58. The van der Waals surface area contributed by atoms with Crippen LogP contribution in [0.15, 0.2) is 42.5 Å². The quantitative estimate of drug-likeness (QED) is 0.706. The average molecular weight is 347 g/mol. The molecule has 2 aromatic carbocycles. The summed E-state index contributed by atoms with van der Waals surface area (Å²) in [4.78, 5) is 9.11. The van der Waals surface area contributed by atoms with Crippen LogP contribution >= 0.6 is 0 Å². The third-order valence-corrected chi connectivity index (χ3v) is 4.58. The number of nitriles is 1. The Hall–Kier alpha value is -3.20. The Balaban J connectivity index is 1.71. The van der Waals surface area contributed by atoms with Crippen molar-refractivity contribution >= 4 is 28.4 Å². The van der Waals surface area contributed by atoms with Gasteiger partial charge >= 0.3 is 0 Å². The predicted octanol–water partition coefficient (Wildman–Crippen LogP) is 4.59. The van der Waals surface area contributed by atoms with Crippen molar-refractivity contribution < 1.29 is 4.39 Å². The van der Waals surface area contributed by atoms with Crippen LogP contribution in [0.2, 0.25) is 0 Å². The maximum atomic E-state index is 13.7. The molecule has 26 heavy (non-hydrogen) atoms. The molecule has 1 fully saturated rings. The van der Waals surface area contributed by atoms with E-state index >= 15 is 0 Å². The Morgan fingerprint density at radius 1 is 1.19 bits per heavy atom. The van der Waals surface area contributed by atoms with Crippen molar-refractivity contribution in [1.82, 2.24) is 9.97 Å². The fraction of sp³-hybridized carbons (Fsp3) is 0.250. The molecule has 1 heterocycles. The fourth-order valence-electron chi connectivity index (χ4n) is 3.03. The second-order valence-electron chi connectivity index (χ2n) is 6.65. The highest BCUT2D eigenvalue weighted by atomic mass is 19.1. The van der Waals surface area contributed by atoms with Gasteiger partial charge in [0.25, 0.3) is 0 Å². The van der Waals surface area contributed by atoms with E-state index in [4.69, 9.17) is 5.26 Å². The first-order chi connectivity index (χ1) is 12.6. The minimum atomic E-state index is -0.479. The van der Waals surface area contributed by atoms with Crippen LogP contribution < -0.4 is 10.6 Å². The van der Waals surface area contributed by atoms with E-state index in [1.807, 2.05) is 30.3 Å². The topological polar surface area (TPSA) is 73.6 Å². The second kappa shape index (κ2) is 6.60. The SMILES string of the molecule is CC(Nc1nc(Nc2cc(F)cc(C#N)c2)nc2ccccc12)C1CC1. The lowest BCUT2D eigenvalue weighted by molar-refractivity contribution is 0.628. The zero-order chi connectivity index (χ0) is 18.1. The Bertz CT molecular complexity index is 1010. The lowest BCUT2D eigenvalue weighted by Gasteiger charge is -2.16. The summed E-state index contributed by atoms with van der Waals surface area (Å²) < 4.78 is 13.7. The molecule has 0 amide bonds. The molecule has 3 aromatic rings. The number of hydrogen-bond donors (Lipinski definition) is 2. The van der Waals surface area contributed by atoms with Gasteiger partial charge in [-0.3, -0.25) is 0 Å². The number of rotatable bonds is 5. The lowest BCUT2D eigenvalue weighted by atomic mass is 10.2. The van der Waals surface area contributed by atoms with Gasteiger partial charge in [-0.2, -0.15) is 10.2 Å². The van der Waals surface area contributed by atoms with Crippen LogP contribution in [0.4, 0.5) is 21.8 Å². The molecule has 0 saturated heterocycles. The van der Waals surface area contributed by atoms with Crippen molar-refractivity contribution in [2.75, 3.05) is 10.6 Å². The number of aromatic nitrogens is 2. The minimum Gasteiger partial charge on any atom is -0.367 e. The molecule has 0 bridgehead atoms. The first-order valence-corrected chi connectivity index (χ1v) is 8.63. The molecule has 1 unspecified atom stereocenters. The van der Waals surface area contributed by atoms with Crippen molar-refractivity contribution in [3.8, 4) is 6.07 Å². The van der Waals surface area contributed by atoms with Crippen LogP contribution in [0, 0.1) is 23.1 Å². The van der Waals surface area contributed by atoms with E-state index in [0.717, 1.165) is 16.7 Å². The second-order valence-corrected chi connectivity index (χ2v) is 6.65. The monoisotopic (exact) mass is 347 g/mol. The van der Waals surface area contributed by atoms with Gasteiger partial charge in [-0.15, -0.1) is 0 Å². The van der Waals surface area contributed by atoms with Crippen LogP contribution in [0.5, 0.6) is 0 Å². The van der Waals surface area contributed by atoms with Crippen molar-refractivity contribution in [3.05, 3.63) is 53.8 Å². The number of nitrogens with one attached hydrogen (secondary N) is 2. The lowest BCUT2D eigenvalue weighted by Crippen LogP contribution is -2.19. The van der Waals surface area contributed by atoms with Gasteiger partial charge in [0.2, 0.25) is 5.95 Å². The van der Waals surface area contributed by atoms with Crippen LogP contribution in [0.1, 0.15) is 25.3 Å². The zero-order valence-corrected chi connectivity index (χ0v) is 14.3. The Kier molecular flexibility index (Phi) is 4.13. The van der Waals surface area contributed by atoms with E-state index in [9.17, 15) is 4.39 Å². The van der Waals surface area contributed by atoms with Crippen LogP contribution in [-0.2, 0) is 0 Å². The Morgan fingerprint density at radius 3 is 2.77 bits per heavy atom. The average Bonchev–Trinajstić information content (AvgIpc) is 3.46. The van der Waals surface area contributed by atoms with Gasteiger partial charge in [0, 0.05) is 17.1 Å². The predicted molar refractivity (Wildman–Crippen MR) is 99.7 cm³/mol. The van der Waals surface area contributed by atoms with Crippen molar-refractivity contribution in [2.24, 2.45) is 5.92 Å². The van der Waals surface area contributed by atoms with Gasteiger partial charge in [0.05, 0.1) is 17.1 Å². The molecule has 0 aliphatic heterocycles. The summed E-state index contributed by atoms with van der Waals surface area (Å²) in [5.41, 5.74) is 1.49. The smallest absolute Gasteiger partial charge is 0.229 e. The molecule has 4 rings (SSSR count). The number of para-hydroxylation sites is 1. The molecule has 130 valence electrons. The van der Waals surface area contributed by atoms with Crippen molar-refractivity contribution in [2.45, 2.75) is 25.8 Å².